The summed E-state index contributed by atoms with van der Waals surface area (Å²) in [5.74, 6) is -6.79. The number of halogens is 2. The molecule has 0 saturated heterocycles. The number of amides is 3. The third-order valence-electron chi connectivity index (χ3n) is 8.86. The normalized spacial score (nSPS) is 13.7. The predicted molar refractivity (Wildman–Crippen MR) is 195 cm³/mol. The van der Waals surface area contributed by atoms with E-state index in [0.29, 0.717) is 27.8 Å². The van der Waals surface area contributed by atoms with E-state index in [9.17, 15) is 27.4 Å². The molecule has 0 spiro atoms. The first-order valence-corrected chi connectivity index (χ1v) is 17.5. The number of nitrogens with zero attached hydrogens (tertiary/aromatic N) is 2. The van der Waals surface area contributed by atoms with Crippen molar-refractivity contribution in [3.8, 4) is 0 Å². The summed E-state index contributed by atoms with van der Waals surface area (Å²) < 4.78 is 42.2. The van der Waals surface area contributed by atoms with E-state index in [1.54, 1.807) is 46.6 Å². The van der Waals surface area contributed by atoms with Crippen LogP contribution in [0.4, 0.5) is 30.6 Å². The van der Waals surface area contributed by atoms with Crippen LogP contribution in [-0.2, 0) is 22.3 Å². The number of para-hydroxylation sites is 1. The van der Waals surface area contributed by atoms with Crippen LogP contribution in [0.2, 0.25) is 0 Å². The SMILES string of the molecule is Cc1ccc(NC(=O)N(Cc2ccc(C(=O)NCC(F)(F)C(=O)O)cc2)c2ccc(C3CCCCC3)cc2)cc1S(=O)N(C)c1ccccc1.O. The van der Waals surface area contributed by atoms with E-state index in [0.717, 1.165) is 24.1 Å². The highest BCUT2D eigenvalue weighted by molar-refractivity contribution is 7.86. The number of nitrogens with one attached hydrogen (secondary N) is 2. The number of carboxylic acid groups (broad SMARTS) is 1. The zero-order chi connectivity index (χ0) is 35.8. The highest BCUT2D eigenvalue weighted by Gasteiger charge is 2.39. The summed E-state index contributed by atoms with van der Waals surface area (Å²) >= 11 is 0. The Hall–Kier alpha value is -5.14. The molecule has 4 aromatic rings. The van der Waals surface area contributed by atoms with Crippen molar-refractivity contribution in [1.82, 2.24) is 5.32 Å². The molecule has 13 heteroatoms. The van der Waals surface area contributed by atoms with Crippen molar-refractivity contribution >= 4 is 46.0 Å². The molecule has 3 amide bonds. The topological polar surface area (TPSA) is 151 Å². The van der Waals surface area contributed by atoms with Gasteiger partial charge in [-0.3, -0.25) is 14.0 Å². The molecule has 1 aliphatic rings. The molecule has 0 aromatic heterocycles. The van der Waals surface area contributed by atoms with E-state index in [4.69, 9.17) is 5.11 Å². The van der Waals surface area contributed by atoms with E-state index in [1.807, 2.05) is 54.7 Å². The van der Waals surface area contributed by atoms with Crippen molar-refractivity contribution in [1.29, 1.82) is 0 Å². The number of hydrogen-bond donors (Lipinski definition) is 3. The van der Waals surface area contributed by atoms with Gasteiger partial charge in [0.05, 0.1) is 18.0 Å². The van der Waals surface area contributed by atoms with Gasteiger partial charge in [0.2, 0.25) is 0 Å². The van der Waals surface area contributed by atoms with Crippen molar-refractivity contribution in [3.05, 3.63) is 119 Å². The smallest absolute Gasteiger partial charge is 0.376 e. The van der Waals surface area contributed by atoms with E-state index in [-0.39, 0.29) is 17.6 Å². The molecule has 0 aliphatic heterocycles. The van der Waals surface area contributed by atoms with Crippen molar-refractivity contribution in [2.24, 2.45) is 0 Å². The van der Waals surface area contributed by atoms with E-state index >= 15 is 0 Å². The van der Waals surface area contributed by atoms with Crippen molar-refractivity contribution < 1.29 is 38.0 Å². The molecule has 5 rings (SSSR count). The summed E-state index contributed by atoms with van der Waals surface area (Å²) in [6.07, 6.45) is 5.90. The summed E-state index contributed by atoms with van der Waals surface area (Å²) in [5.41, 5.74) is 4.62. The molecular weight excluding hydrogens is 679 g/mol. The lowest BCUT2D eigenvalue weighted by Gasteiger charge is -2.26. The fourth-order valence-electron chi connectivity index (χ4n) is 5.89. The number of hydrogen-bond acceptors (Lipinski definition) is 4. The first-order valence-electron chi connectivity index (χ1n) is 16.4. The van der Waals surface area contributed by atoms with Crippen LogP contribution in [0.15, 0.2) is 102 Å². The number of aliphatic carboxylic acids is 1. The first-order chi connectivity index (χ1) is 23.9. The van der Waals surface area contributed by atoms with Gasteiger partial charge in [0.15, 0.2) is 11.0 Å². The third-order valence-corrected chi connectivity index (χ3v) is 10.4. The third kappa shape index (κ3) is 9.77. The number of carbonyl (C=O) groups is 3. The molecule has 0 bridgehead atoms. The number of urea groups is 1. The second-order valence-electron chi connectivity index (χ2n) is 12.4. The molecule has 51 heavy (non-hydrogen) atoms. The fourth-order valence-corrected chi connectivity index (χ4v) is 7.07. The predicted octanol–water partition coefficient (Wildman–Crippen LogP) is 7.07. The van der Waals surface area contributed by atoms with Crippen LogP contribution in [0.3, 0.4) is 0 Å². The van der Waals surface area contributed by atoms with Gasteiger partial charge in [0, 0.05) is 29.7 Å². The molecular formula is C38H42F2N4O6S. The van der Waals surface area contributed by atoms with E-state index in [2.05, 4.69) is 17.4 Å². The van der Waals surface area contributed by atoms with E-state index in [1.165, 1.54) is 37.0 Å². The van der Waals surface area contributed by atoms with E-state index < -0.39 is 41.4 Å². The molecule has 10 nitrogen and oxygen atoms in total. The summed E-state index contributed by atoms with van der Waals surface area (Å²) in [7, 11) is 0.196. The van der Waals surface area contributed by atoms with Crippen LogP contribution in [0.5, 0.6) is 0 Å². The lowest BCUT2D eigenvalue weighted by atomic mass is 9.84. The molecule has 270 valence electrons. The van der Waals surface area contributed by atoms with Crippen LogP contribution >= 0.6 is 0 Å². The number of aryl methyl sites for hydroxylation is 1. The number of alkyl halides is 2. The Morgan fingerprint density at radius 2 is 1.53 bits per heavy atom. The zero-order valence-electron chi connectivity index (χ0n) is 28.4. The summed E-state index contributed by atoms with van der Waals surface area (Å²) in [4.78, 5) is 39.2. The standard InChI is InChI=1S/C38H40F2N4O5S.H2O/c1-26-13-20-31(23-34(26)50(49)43(2)32-11-7-4-8-12-32)42-37(48)44(33-21-18-29(19-22-33)28-9-5-3-6-10-28)24-27-14-16-30(17-15-27)35(45)41-25-38(39,40)36(46)47;/h4,7-8,11-23,28H,3,5-6,9-10,24-25H2,1-2H3,(H,41,45)(H,42,48)(H,46,47);1H2. The molecule has 1 aliphatic carbocycles. The average Bonchev–Trinajstić information content (AvgIpc) is 3.14. The van der Waals surface area contributed by atoms with Crippen LogP contribution in [0, 0.1) is 6.92 Å². The van der Waals surface area contributed by atoms with Crippen molar-refractivity contribution in [2.45, 2.75) is 62.3 Å². The quantitative estimate of drug-likeness (QED) is 0.143. The molecule has 0 radical (unpaired) electrons. The van der Waals surface area contributed by atoms with Crippen molar-refractivity contribution in [2.75, 3.05) is 28.1 Å². The highest BCUT2D eigenvalue weighted by Crippen LogP contribution is 2.34. The van der Waals surface area contributed by atoms with Gasteiger partial charge in [-0.15, -0.1) is 0 Å². The molecule has 4 aromatic carbocycles. The molecule has 5 N–H and O–H groups in total. The maximum Gasteiger partial charge on any atom is 0.376 e. The second kappa shape index (κ2) is 17.2. The first kappa shape index (κ1) is 38.7. The summed E-state index contributed by atoms with van der Waals surface area (Å²) in [6.45, 7) is 0.624. The minimum Gasteiger partial charge on any atom is -0.477 e. The van der Waals surface area contributed by atoms with Gasteiger partial charge in [-0.1, -0.05) is 67.8 Å². The minimum atomic E-state index is -4.10. The number of carbonyl (C=O) groups excluding carboxylic acids is 2. The molecule has 1 saturated carbocycles. The van der Waals surface area contributed by atoms with Crippen LogP contribution in [0.25, 0.3) is 0 Å². The van der Waals surface area contributed by atoms with Gasteiger partial charge < -0.3 is 21.2 Å². The molecule has 1 fully saturated rings. The number of rotatable bonds is 12. The lowest BCUT2D eigenvalue weighted by Crippen LogP contribution is -2.42. The number of carboxylic acids is 1. The van der Waals surface area contributed by atoms with Gasteiger partial charge in [-0.25, -0.2) is 13.8 Å². The Morgan fingerprint density at radius 3 is 2.16 bits per heavy atom. The summed E-state index contributed by atoms with van der Waals surface area (Å²) in [6, 6.07) is 28.2. The Labute approximate surface area is 298 Å². The largest absolute Gasteiger partial charge is 0.477 e. The van der Waals surface area contributed by atoms with Gasteiger partial charge in [-0.2, -0.15) is 8.78 Å². The average molecular weight is 721 g/mol. The van der Waals surface area contributed by atoms with Gasteiger partial charge in [0.25, 0.3) is 5.91 Å². The van der Waals surface area contributed by atoms with Crippen LogP contribution < -0.4 is 19.8 Å². The molecule has 1 atom stereocenters. The fraction of sp³-hybridized carbons (Fsp3) is 0.289. The summed E-state index contributed by atoms with van der Waals surface area (Å²) in [5, 5.41) is 13.5. The van der Waals surface area contributed by atoms with Crippen LogP contribution in [0.1, 0.15) is 65.1 Å². The van der Waals surface area contributed by atoms with Crippen LogP contribution in [-0.4, -0.2) is 52.2 Å². The monoisotopic (exact) mass is 720 g/mol. The second-order valence-corrected chi connectivity index (χ2v) is 13.9. The minimum absolute atomic E-state index is 0. The molecule has 1 unspecified atom stereocenters. The Balaban J connectivity index is 0.00000583. The lowest BCUT2D eigenvalue weighted by molar-refractivity contribution is -0.163. The Kier molecular flexibility index (Phi) is 13.0. The van der Waals surface area contributed by atoms with Gasteiger partial charge >= 0.3 is 17.9 Å². The maximum absolute atomic E-state index is 14.0. The highest BCUT2D eigenvalue weighted by atomic mass is 32.2. The van der Waals surface area contributed by atoms with Crippen molar-refractivity contribution in [3.63, 3.8) is 0 Å². The van der Waals surface area contributed by atoms with Gasteiger partial charge in [-0.05, 0) is 90.9 Å². The Morgan fingerprint density at radius 1 is 0.882 bits per heavy atom. The number of benzene rings is 4. The Bertz CT molecular complexity index is 1840. The molecule has 0 heterocycles. The van der Waals surface area contributed by atoms with Gasteiger partial charge in [0.1, 0.15) is 0 Å². The maximum atomic E-state index is 14.0. The zero-order valence-corrected chi connectivity index (χ0v) is 29.2. The number of anilines is 3.